The van der Waals surface area contributed by atoms with Gasteiger partial charge in [-0.15, -0.1) is 0 Å². The van der Waals surface area contributed by atoms with E-state index in [0.29, 0.717) is 49.5 Å². The molecule has 0 aliphatic carbocycles. The highest BCUT2D eigenvalue weighted by Crippen LogP contribution is 2.21. The lowest BCUT2D eigenvalue weighted by molar-refractivity contribution is 0.0746. The SMILES string of the molecule is O=C(NCc1ccccc1)c1ccc(C(=O)N2CCN(c3ccccc3F)CC2)cc1. The van der Waals surface area contributed by atoms with Crippen LogP contribution in [0.5, 0.6) is 0 Å². The number of carbonyl (C=O) groups excluding carboxylic acids is 2. The summed E-state index contributed by atoms with van der Waals surface area (Å²) in [6.07, 6.45) is 0. The summed E-state index contributed by atoms with van der Waals surface area (Å²) in [4.78, 5) is 28.9. The van der Waals surface area contributed by atoms with Crippen LogP contribution in [0.2, 0.25) is 0 Å². The topological polar surface area (TPSA) is 52.7 Å². The second-order valence-corrected chi connectivity index (χ2v) is 7.48. The van der Waals surface area contributed by atoms with Gasteiger partial charge in [-0.1, -0.05) is 42.5 Å². The summed E-state index contributed by atoms with van der Waals surface area (Å²) in [5, 5.41) is 2.88. The Morgan fingerprint density at radius 1 is 0.774 bits per heavy atom. The minimum atomic E-state index is -0.247. The van der Waals surface area contributed by atoms with E-state index in [2.05, 4.69) is 5.32 Å². The van der Waals surface area contributed by atoms with Crippen LogP contribution in [0.25, 0.3) is 0 Å². The summed E-state index contributed by atoms with van der Waals surface area (Å²) < 4.78 is 14.0. The highest BCUT2D eigenvalue weighted by Gasteiger charge is 2.23. The van der Waals surface area contributed by atoms with Crippen LogP contribution >= 0.6 is 0 Å². The van der Waals surface area contributed by atoms with Gasteiger partial charge in [0.1, 0.15) is 5.82 Å². The van der Waals surface area contributed by atoms with Gasteiger partial charge in [-0.05, 0) is 42.0 Å². The van der Waals surface area contributed by atoms with Crippen molar-refractivity contribution in [2.45, 2.75) is 6.54 Å². The van der Waals surface area contributed by atoms with Gasteiger partial charge in [0, 0.05) is 43.9 Å². The van der Waals surface area contributed by atoms with Gasteiger partial charge in [-0.3, -0.25) is 9.59 Å². The van der Waals surface area contributed by atoms with E-state index in [1.807, 2.05) is 41.3 Å². The Bertz CT molecular complexity index is 1050. The molecule has 0 atom stereocenters. The fourth-order valence-electron chi connectivity index (χ4n) is 3.69. The number of amides is 2. The van der Waals surface area contributed by atoms with Crippen LogP contribution in [0, 0.1) is 5.82 Å². The van der Waals surface area contributed by atoms with E-state index in [1.54, 1.807) is 41.3 Å². The Morgan fingerprint density at radius 2 is 1.39 bits per heavy atom. The number of para-hydroxylation sites is 1. The Hall–Kier alpha value is -3.67. The maximum absolute atomic E-state index is 14.0. The molecule has 3 aromatic carbocycles. The molecule has 1 aliphatic rings. The molecule has 31 heavy (non-hydrogen) atoms. The van der Waals surface area contributed by atoms with Crippen molar-refractivity contribution in [2.75, 3.05) is 31.1 Å². The molecule has 0 bridgehead atoms. The number of benzene rings is 3. The van der Waals surface area contributed by atoms with Gasteiger partial charge in [0.15, 0.2) is 0 Å². The molecule has 158 valence electrons. The zero-order valence-corrected chi connectivity index (χ0v) is 17.1. The van der Waals surface area contributed by atoms with Crippen molar-refractivity contribution in [2.24, 2.45) is 0 Å². The molecule has 6 heteroatoms. The first-order chi connectivity index (χ1) is 15.1. The predicted octanol–water partition coefficient (Wildman–Crippen LogP) is 3.72. The van der Waals surface area contributed by atoms with Gasteiger partial charge in [-0.25, -0.2) is 4.39 Å². The molecular formula is C25H24FN3O2. The molecule has 3 aromatic rings. The predicted molar refractivity (Wildman–Crippen MR) is 119 cm³/mol. The van der Waals surface area contributed by atoms with Crippen molar-refractivity contribution < 1.29 is 14.0 Å². The summed E-state index contributed by atoms with van der Waals surface area (Å²) in [5.74, 6) is -0.505. The first kappa shape index (κ1) is 20.6. The Morgan fingerprint density at radius 3 is 2.06 bits per heavy atom. The molecule has 1 N–H and O–H groups in total. The standard InChI is InChI=1S/C25H24FN3O2/c26-22-8-4-5-9-23(22)28-14-16-29(17-15-28)25(31)21-12-10-20(11-13-21)24(30)27-18-19-6-2-1-3-7-19/h1-13H,14-18H2,(H,27,30). The average molecular weight is 417 g/mol. The summed E-state index contributed by atoms with van der Waals surface area (Å²) in [6, 6.07) is 23.1. The maximum atomic E-state index is 14.0. The summed E-state index contributed by atoms with van der Waals surface area (Å²) in [5.41, 5.74) is 2.65. The molecule has 1 fully saturated rings. The number of piperazine rings is 1. The van der Waals surface area contributed by atoms with Crippen LogP contribution in [0.3, 0.4) is 0 Å². The number of carbonyl (C=O) groups is 2. The molecule has 1 saturated heterocycles. The van der Waals surface area contributed by atoms with Gasteiger partial charge in [0.05, 0.1) is 5.69 Å². The molecule has 0 spiro atoms. The summed E-state index contributed by atoms with van der Waals surface area (Å²) >= 11 is 0. The first-order valence-electron chi connectivity index (χ1n) is 10.3. The van der Waals surface area contributed by atoms with E-state index in [0.717, 1.165) is 5.56 Å². The van der Waals surface area contributed by atoms with Crippen LogP contribution < -0.4 is 10.2 Å². The third-order valence-electron chi connectivity index (χ3n) is 5.45. The molecule has 1 heterocycles. The zero-order chi connectivity index (χ0) is 21.6. The Balaban J connectivity index is 1.32. The van der Waals surface area contributed by atoms with Crippen molar-refractivity contribution in [3.05, 3.63) is 101 Å². The van der Waals surface area contributed by atoms with Gasteiger partial charge < -0.3 is 15.1 Å². The van der Waals surface area contributed by atoms with E-state index in [1.165, 1.54) is 6.07 Å². The number of hydrogen-bond donors (Lipinski definition) is 1. The summed E-state index contributed by atoms with van der Waals surface area (Å²) in [7, 11) is 0. The van der Waals surface area contributed by atoms with Crippen molar-refractivity contribution in [1.82, 2.24) is 10.2 Å². The number of halogens is 1. The highest BCUT2D eigenvalue weighted by atomic mass is 19.1. The van der Waals surface area contributed by atoms with Crippen LogP contribution in [-0.4, -0.2) is 42.9 Å². The smallest absolute Gasteiger partial charge is 0.253 e. The van der Waals surface area contributed by atoms with Gasteiger partial charge in [0.25, 0.3) is 11.8 Å². The Kier molecular flexibility index (Phi) is 6.26. The number of hydrogen-bond acceptors (Lipinski definition) is 3. The minimum Gasteiger partial charge on any atom is -0.366 e. The van der Waals surface area contributed by atoms with Gasteiger partial charge >= 0.3 is 0 Å². The van der Waals surface area contributed by atoms with E-state index in [9.17, 15) is 14.0 Å². The molecule has 5 nitrogen and oxygen atoms in total. The Labute approximate surface area is 181 Å². The normalized spacial score (nSPS) is 13.7. The molecule has 0 radical (unpaired) electrons. The highest BCUT2D eigenvalue weighted by molar-refractivity contribution is 5.97. The molecular weight excluding hydrogens is 393 g/mol. The second-order valence-electron chi connectivity index (χ2n) is 7.48. The lowest BCUT2D eigenvalue weighted by Crippen LogP contribution is -2.49. The van der Waals surface area contributed by atoms with Crippen molar-refractivity contribution in [3.63, 3.8) is 0 Å². The number of nitrogens with one attached hydrogen (secondary N) is 1. The fraction of sp³-hybridized carbons (Fsp3) is 0.200. The third kappa shape index (κ3) is 4.91. The minimum absolute atomic E-state index is 0.0792. The molecule has 0 unspecified atom stereocenters. The molecule has 0 aromatic heterocycles. The third-order valence-corrected chi connectivity index (χ3v) is 5.45. The number of rotatable bonds is 5. The van der Waals surface area contributed by atoms with Crippen LogP contribution in [0.1, 0.15) is 26.3 Å². The van der Waals surface area contributed by atoms with E-state index >= 15 is 0 Å². The fourth-order valence-corrected chi connectivity index (χ4v) is 3.69. The van der Waals surface area contributed by atoms with Crippen molar-refractivity contribution in [3.8, 4) is 0 Å². The van der Waals surface area contributed by atoms with E-state index in [-0.39, 0.29) is 17.6 Å². The van der Waals surface area contributed by atoms with Crippen molar-refractivity contribution in [1.29, 1.82) is 0 Å². The largest absolute Gasteiger partial charge is 0.366 e. The lowest BCUT2D eigenvalue weighted by Gasteiger charge is -2.36. The van der Waals surface area contributed by atoms with E-state index in [4.69, 9.17) is 0 Å². The molecule has 2 amide bonds. The molecule has 1 aliphatic heterocycles. The van der Waals surface area contributed by atoms with Crippen molar-refractivity contribution >= 4 is 17.5 Å². The summed E-state index contributed by atoms with van der Waals surface area (Å²) in [6.45, 7) is 2.64. The zero-order valence-electron chi connectivity index (χ0n) is 17.1. The van der Waals surface area contributed by atoms with Crippen LogP contribution in [0.4, 0.5) is 10.1 Å². The second kappa shape index (κ2) is 9.43. The monoisotopic (exact) mass is 417 g/mol. The van der Waals surface area contributed by atoms with Crippen LogP contribution in [-0.2, 0) is 6.54 Å². The first-order valence-corrected chi connectivity index (χ1v) is 10.3. The van der Waals surface area contributed by atoms with Gasteiger partial charge in [-0.2, -0.15) is 0 Å². The molecule has 0 saturated carbocycles. The number of nitrogens with zero attached hydrogens (tertiary/aromatic N) is 2. The lowest BCUT2D eigenvalue weighted by atomic mass is 10.1. The van der Waals surface area contributed by atoms with Crippen LogP contribution in [0.15, 0.2) is 78.9 Å². The quantitative estimate of drug-likeness (QED) is 0.689. The maximum Gasteiger partial charge on any atom is 0.253 e. The van der Waals surface area contributed by atoms with E-state index < -0.39 is 0 Å². The van der Waals surface area contributed by atoms with Gasteiger partial charge in [0.2, 0.25) is 0 Å². The number of anilines is 1. The molecule has 4 rings (SSSR count). The average Bonchev–Trinajstić information content (AvgIpc) is 2.83.